The van der Waals surface area contributed by atoms with E-state index in [2.05, 4.69) is 10.4 Å². The van der Waals surface area contributed by atoms with Crippen molar-refractivity contribution < 1.29 is 24.0 Å². The van der Waals surface area contributed by atoms with E-state index in [-0.39, 0.29) is 12.5 Å². The molecule has 1 aromatic heterocycles. The maximum atomic E-state index is 11.9. The number of rotatable bonds is 9. The van der Waals surface area contributed by atoms with E-state index in [0.29, 0.717) is 35.0 Å². The van der Waals surface area contributed by atoms with E-state index in [1.54, 1.807) is 35.4 Å². The molecule has 1 unspecified atom stereocenters. The number of nitrogens with one attached hydrogen (secondary N) is 1. The van der Waals surface area contributed by atoms with Crippen LogP contribution >= 0.6 is 0 Å². The van der Waals surface area contributed by atoms with Crippen molar-refractivity contribution in [2.75, 3.05) is 16.9 Å². The van der Waals surface area contributed by atoms with Crippen LogP contribution < -0.4 is 19.5 Å². The molecule has 0 radical (unpaired) electrons. The number of hydrogen-bond acceptors (Lipinski definition) is 7. The van der Waals surface area contributed by atoms with Crippen LogP contribution in [0.2, 0.25) is 0 Å². The molecule has 0 bridgehead atoms. The topological polar surface area (TPSA) is 101 Å². The number of hydrogen-bond donors (Lipinski definition) is 2. The average molecular weight is 556 g/mol. The lowest BCUT2D eigenvalue weighted by Gasteiger charge is -2.32. The molecule has 3 aromatic carbocycles. The quantitative estimate of drug-likeness (QED) is 0.179. The second kappa shape index (κ2) is 11.6. The number of carbonyl (C=O) groups is 2. The summed E-state index contributed by atoms with van der Waals surface area (Å²) in [5.74, 6) is 0.449. The number of benzene rings is 3. The minimum Gasteiger partial charge on any atom is -0.702 e. The Morgan fingerprint density at radius 2 is 1.82 bits per heavy atom. The van der Waals surface area contributed by atoms with Crippen LogP contribution in [-0.4, -0.2) is 39.4 Å². The number of anilines is 2. The molecule has 5 rings (SSSR count). The fraction of sp³-hybridized carbons (Fsp3) is 0.200. The number of allylic oxidation sites excluding steroid dienone is 1. The monoisotopic (exact) mass is 555 g/mol. The van der Waals surface area contributed by atoms with Crippen LogP contribution in [0.5, 0.6) is 5.75 Å². The van der Waals surface area contributed by atoms with Crippen LogP contribution in [-0.2, 0) is 22.2 Å². The molecule has 2 heterocycles. The summed E-state index contributed by atoms with van der Waals surface area (Å²) in [6.07, 6.45) is 2.44. The summed E-state index contributed by atoms with van der Waals surface area (Å²) in [6, 6.07) is 24.1. The van der Waals surface area contributed by atoms with Gasteiger partial charge in [-0.1, -0.05) is 35.0 Å². The number of ether oxygens (including phenoxy) is 1. The number of Topliss-reactive ketones (excluding diaryl/α,β-unsaturated/α-hetero) is 1. The molecule has 0 saturated heterocycles. The molecule has 40 heavy (non-hydrogen) atoms. The van der Waals surface area contributed by atoms with Crippen molar-refractivity contribution in [3.63, 3.8) is 0 Å². The summed E-state index contributed by atoms with van der Waals surface area (Å²) in [7, 11) is 0. The lowest BCUT2D eigenvalue weighted by Crippen LogP contribution is -2.41. The van der Waals surface area contributed by atoms with Crippen molar-refractivity contribution in [3.05, 3.63) is 96.5 Å². The fourth-order valence-corrected chi connectivity index (χ4v) is 5.08. The molecule has 0 saturated carbocycles. The summed E-state index contributed by atoms with van der Waals surface area (Å²) in [4.78, 5) is 25.4. The van der Waals surface area contributed by atoms with E-state index in [1.807, 2.05) is 70.8 Å². The van der Waals surface area contributed by atoms with Gasteiger partial charge in [0.15, 0.2) is 17.7 Å². The molecule has 4 aromatic rings. The molecule has 1 aliphatic heterocycles. The highest BCUT2D eigenvalue weighted by Gasteiger charge is 2.30. The number of nitrogens with zero attached hydrogens (tertiary/aromatic N) is 4. The predicted molar refractivity (Wildman–Crippen MR) is 153 cm³/mol. The van der Waals surface area contributed by atoms with Crippen molar-refractivity contribution in [1.29, 1.82) is 0 Å². The SMILES string of the molecule is CC(=O)C1=CN(c2cccc(OCNc3cccc(-[n+]4c([S-])nn(-c5ccccc5)c4C)c3)c2)C(C(=O)O)CC1. The Bertz CT molecular complexity index is 1580. The van der Waals surface area contributed by atoms with Crippen molar-refractivity contribution in [2.45, 2.75) is 37.9 Å². The van der Waals surface area contributed by atoms with Crippen LogP contribution in [0.4, 0.5) is 11.4 Å². The van der Waals surface area contributed by atoms with Crippen LogP contribution in [0, 0.1) is 6.92 Å². The standard InChI is InChI=1S/C30H29N5O4S/c1-20(36)22-14-15-28(29(37)38)33(18-22)25-11-7-13-27(17-25)39-19-31-23-8-6-12-26(16-23)34-21(2)35(32-30(34)40)24-9-4-3-5-10-24/h3-13,16-18,28,31H,14-15,19H2,1-2H3,(H-,32,37,38,40). The molecule has 1 atom stereocenters. The predicted octanol–water partition coefficient (Wildman–Crippen LogP) is 4.34. The van der Waals surface area contributed by atoms with Crippen molar-refractivity contribution in [3.8, 4) is 17.1 Å². The number of aliphatic carboxylic acids is 1. The summed E-state index contributed by atoms with van der Waals surface area (Å²) in [5.41, 5.74) is 3.88. The Morgan fingerprint density at radius 3 is 2.58 bits per heavy atom. The zero-order valence-electron chi connectivity index (χ0n) is 22.2. The molecule has 0 aliphatic carbocycles. The van der Waals surface area contributed by atoms with E-state index < -0.39 is 12.0 Å². The molecule has 0 spiro atoms. The van der Waals surface area contributed by atoms with Crippen molar-refractivity contribution in [1.82, 2.24) is 9.78 Å². The zero-order chi connectivity index (χ0) is 28.2. The molecule has 9 nitrogen and oxygen atoms in total. The highest BCUT2D eigenvalue weighted by Crippen LogP contribution is 2.30. The van der Waals surface area contributed by atoms with Crippen LogP contribution in [0.1, 0.15) is 25.6 Å². The highest BCUT2D eigenvalue weighted by molar-refractivity contribution is 7.58. The molecule has 2 N–H and O–H groups in total. The number of carboxylic acid groups (broad SMARTS) is 1. The number of aromatic nitrogens is 3. The Hall–Kier alpha value is -4.70. The van der Waals surface area contributed by atoms with Gasteiger partial charge < -0.3 is 32.7 Å². The van der Waals surface area contributed by atoms with E-state index in [0.717, 1.165) is 22.9 Å². The first-order valence-electron chi connectivity index (χ1n) is 12.9. The van der Waals surface area contributed by atoms with E-state index >= 15 is 0 Å². The minimum atomic E-state index is -0.934. The number of carboxylic acids is 1. The van der Waals surface area contributed by atoms with Crippen molar-refractivity contribution in [2.24, 2.45) is 0 Å². The Labute approximate surface area is 237 Å². The average Bonchev–Trinajstić information content (AvgIpc) is 3.26. The van der Waals surface area contributed by atoms with Gasteiger partial charge in [0.1, 0.15) is 23.2 Å². The highest BCUT2D eigenvalue weighted by atomic mass is 32.1. The third-order valence-electron chi connectivity index (χ3n) is 6.80. The summed E-state index contributed by atoms with van der Waals surface area (Å²) < 4.78 is 9.69. The molecule has 0 amide bonds. The summed E-state index contributed by atoms with van der Waals surface area (Å²) >= 11 is 5.57. The Kier molecular flexibility index (Phi) is 7.79. The zero-order valence-corrected chi connectivity index (χ0v) is 23.0. The van der Waals surface area contributed by atoms with Gasteiger partial charge in [0.25, 0.3) is 0 Å². The normalized spacial score (nSPS) is 14.9. The van der Waals surface area contributed by atoms with Gasteiger partial charge >= 0.3 is 5.97 Å². The van der Waals surface area contributed by atoms with Gasteiger partial charge in [-0.05, 0) is 56.2 Å². The first kappa shape index (κ1) is 26.9. The van der Waals surface area contributed by atoms with E-state index in [1.165, 1.54) is 6.92 Å². The smallest absolute Gasteiger partial charge is 0.326 e. The molecule has 204 valence electrons. The molecule has 0 fully saturated rings. The van der Waals surface area contributed by atoms with Crippen LogP contribution in [0.25, 0.3) is 11.4 Å². The second-order valence-corrected chi connectivity index (χ2v) is 9.80. The van der Waals surface area contributed by atoms with Gasteiger partial charge in [-0.15, -0.1) is 0 Å². The third-order valence-corrected chi connectivity index (χ3v) is 7.06. The van der Waals surface area contributed by atoms with Gasteiger partial charge in [0.05, 0.1) is 0 Å². The lowest BCUT2D eigenvalue weighted by atomic mass is 9.97. The molecule has 10 heteroatoms. The Morgan fingerprint density at radius 1 is 1.07 bits per heavy atom. The molecule has 1 aliphatic rings. The lowest BCUT2D eigenvalue weighted by molar-refractivity contribution is -0.643. The molecular formula is C30H29N5O4S. The molecular weight excluding hydrogens is 526 g/mol. The maximum absolute atomic E-state index is 11.9. The minimum absolute atomic E-state index is 0.0587. The van der Waals surface area contributed by atoms with Crippen LogP contribution in [0.15, 0.2) is 95.8 Å². The van der Waals surface area contributed by atoms with Crippen LogP contribution in [0.3, 0.4) is 0 Å². The van der Waals surface area contributed by atoms with Gasteiger partial charge in [0.2, 0.25) is 5.82 Å². The summed E-state index contributed by atoms with van der Waals surface area (Å²) in [5, 5.41) is 18.0. The summed E-state index contributed by atoms with van der Waals surface area (Å²) in [6.45, 7) is 3.64. The van der Waals surface area contributed by atoms with Gasteiger partial charge in [-0.2, -0.15) is 0 Å². The van der Waals surface area contributed by atoms with Gasteiger partial charge in [-0.3, -0.25) is 4.79 Å². The fourth-order valence-electron chi connectivity index (χ4n) is 4.76. The van der Waals surface area contributed by atoms with E-state index in [4.69, 9.17) is 17.4 Å². The first-order valence-corrected chi connectivity index (χ1v) is 13.3. The maximum Gasteiger partial charge on any atom is 0.326 e. The number of ketones is 1. The van der Waals surface area contributed by atoms with E-state index in [9.17, 15) is 14.7 Å². The number of para-hydroxylation sites is 1. The largest absolute Gasteiger partial charge is 0.702 e. The Balaban J connectivity index is 1.30. The number of carbonyl (C=O) groups excluding carboxylic acids is 1. The third kappa shape index (κ3) is 5.67. The van der Waals surface area contributed by atoms with Crippen molar-refractivity contribution >= 4 is 35.8 Å². The second-order valence-electron chi connectivity index (χ2n) is 9.44. The van der Waals surface area contributed by atoms with Gasteiger partial charge in [-0.25, -0.2) is 9.36 Å². The first-order chi connectivity index (χ1) is 19.3. The van der Waals surface area contributed by atoms with Gasteiger partial charge in [0, 0.05) is 47.3 Å².